The molecule has 0 saturated carbocycles. The van der Waals surface area contributed by atoms with Crippen LogP contribution in [0.1, 0.15) is 23.7 Å². The Bertz CT molecular complexity index is 529. The first-order valence-corrected chi connectivity index (χ1v) is 6.24. The van der Waals surface area contributed by atoms with Crippen LogP contribution in [0, 0.1) is 10.1 Å². The zero-order valence-corrected chi connectivity index (χ0v) is 11.8. The van der Waals surface area contributed by atoms with Crippen molar-refractivity contribution in [2.45, 2.75) is 18.9 Å². The van der Waals surface area contributed by atoms with Crippen LogP contribution in [0.25, 0.3) is 0 Å². The molecule has 0 aliphatic heterocycles. The number of methoxy groups -OCH3 is 1. The van der Waals surface area contributed by atoms with Crippen molar-refractivity contribution in [2.75, 3.05) is 25.6 Å². The Hall–Kier alpha value is -2.19. The maximum atomic E-state index is 11.0. The lowest BCUT2D eigenvalue weighted by atomic mass is 10.0. The number of nitro groups is 1. The number of hydrogen-bond donors (Lipinski definition) is 3. The highest BCUT2D eigenvalue weighted by Gasteiger charge is 2.23. The molecule has 1 unspecified atom stereocenters. The fraction of sp³-hybridized carbons (Fsp3) is 0.462. The van der Waals surface area contributed by atoms with Crippen LogP contribution in [0.2, 0.25) is 0 Å². The molecule has 0 saturated heterocycles. The minimum atomic E-state index is -1.24. The largest absolute Gasteiger partial charge is 0.478 e. The van der Waals surface area contributed by atoms with Crippen molar-refractivity contribution in [3.8, 4) is 0 Å². The van der Waals surface area contributed by atoms with E-state index in [9.17, 15) is 20.0 Å². The van der Waals surface area contributed by atoms with E-state index < -0.39 is 16.5 Å². The summed E-state index contributed by atoms with van der Waals surface area (Å²) in [6, 6.07) is 3.56. The number of aliphatic hydroxyl groups is 1. The summed E-state index contributed by atoms with van der Waals surface area (Å²) in [5.41, 5.74) is -1.46. The monoisotopic (exact) mass is 298 g/mol. The number of nitrogens with zero attached hydrogens (tertiary/aromatic N) is 1. The van der Waals surface area contributed by atoms with Crippen molar-refractivity contribution >= 4 is 17.3 Å². The molecule has 1 aromatic carbocycles. The van der Waals surface area contributed by atoms with Gasteiger partial charge in [0.15, 0.2) is 0 Å². The second kappa shape index (κ2) is 7.00. The molecule has 21 heavy (non-hydrogen) atoms. The third-order valence-electron chi connectivity index (χ3n) is 2.95. The predicted molar refractivity (Wildman–Crippen MR) is 75.7 cm³/mol. The summed E-state index contributed by atoms with van der Waals surface area (Å²) >= 11 is 0. The average molecular weight is 298 g/mol. The van der Waals surface area contributed by atoms with Gasteiger partial charge in [-0.15, -0.1) is 0 Å². The number of hydrogen-bond acceptors (Lipinski definition) is 6. The Morgan fingerprint density at radius 3 is 2.71 bits per heavy atom. The van der Waals surface area contributed by atoms with Crippen molar-refractivity contribution in [3.05, 3.63) is 33.9 Å². The van der Waals surface area contributed by atoms with E-state index in [1.54, 1.807) is 6.92 Å². The van der Waals surface area contributed by atoms with Crippen LogP contribution in [0.5, 0.6) is 0 Å². The molecule has 0 spiro atoms. The minimum Gasteiger partial charge on any atom is -0.478 e. The van der Waals surface area contributed by atoms with Crippen LogP contribution in [0.15, 0.2) is 18.2 Å². The van der Waals surface area contributed by atoms with Gasteiger partial charge in [0.1, 0.15) is 5.69 Å². The third kappa shape index (κ3) is 5.01. The first kappa shape index (κ1) is 16.9. The van der Waals surface area contributed by atoms with E-state index in [2.05, 4.69) is 5.32 Å². The highest BCUT2D eigenvalue weighted by atomic mass is 16.6. The number of carboxylic acids is 1. The number of aromatic carboxylic acids is 1. The van der Waals surface area contributed by atoms with Gasteiger partial charge in [0.05, 0.1) is 16.1 Å². The van der Waals surface area contributed by atoms with Crippen molar-refractivity contribution in [3.63, 3.8) is 0 Å². The second-order valence-corrected chi connectivity index (χ2v) is 4.89. The lowest BCUT2D eigenvalue weighted by molar-refractivity contribution is -0.384. The second-order valence-electron chi connectivity index (χ2n) is 4.89. The van der Waals surface area contributed by atoms with E-state index >= 15 is 0 Å². The van der Waals surface area contributed by atoms with Gasteiger partial charge in [-0.1, -0.05) is 0 Å². The number of rotatable bonds is 8. The third-order valence-corrected chi connectivity index (χ3v) is 2.95. The summed E-state index contributed by atoms with van der Waals surface area (Å²) in [7, 11) is 1.51. The van der Waals surface area contributed by atoms with Gasteiger partial charge in [-0.25, -0.2) is 4.79 Å². The molecule has 116 valence electrons. The summed E-state index contributed by atoms with van der Waals surface area (Å²) in [6.07, 6.45) is 0.359. The van der Waals surface area contributed by atoms with Crippen LogP contribution in [-0.2, 0) is 4.74 Å². The van der Waals surface area contributed by atoms with Crippen molar-refractivity contribution in [1.29, 1.82) is 0 Å². The topological polar surface area (TPSA) is 122 Å². The summed E-state index contributed by atoms with van der Waals surface area (Å²) in [5.74, 6) is -1.24. The molecular formula is C13H18N2O6. The van der Waals surface area contributed by atoms with Crippen LogP contribution < -0.4 is 5.32 Å². The van der Waals surface area contributed by atoms with Gasteiger partial charge in [-0.3, -0.25) is 10.1 Å². The van der Waals surface area contributed by atoms with Crippen molar-refractivity contribution in [1.82, 2.24) is 0 Å². The molecule has 0 amide bonds. The molecule has 1 rings (SSSR count). The summed E-state index contributed by atoms with van der Waals surface area (Å²) < 4.78 is 4.87. The molecule has 1 atom stereocenters. The molecule has 0 aliphatic rings. The molecule has 0 aromatic heterocycles. The summed E-state index contributed by atoms with van der Waals surface area (Å²) in [4.78, 5) is 21.1. The average Bonchev–Trinajstić information content (AvgIpc) is 2.42. The van der Waals surface area contributed by atoms with E-state index in [0.29, 0.717) is 13.0 Å². The van der Waals surface area contributed by atoms with Gasteiger partial charge >= 0.3 is 5.97 Å². The number of nitrogens with one attached hydrogen (secondary N) is 1. The fourth-order valence-corrected chi connectivity index (χ4v) is 1.66. The number of carbonyl (C=O) groups is 1. The Morgan fingerprint density at radius 2 is 2.19 bits per heavy atom. The Balaban J connectivity index is 2.88. The standard InChI is InChI=1S/C13H18N2O6/c1-13(18,5-6-21-2)8-14-10-4-3-9(12(16)17)7-11(10)15(19)20/h3-4,7,14,18H,5-6,8H2,1-2H3,(H,16,17). The van der Waals surface area contributed by atoms with Gasteiger partial charge in [0, 0.05) is 32.7 Å². The highest BCUT2D eigenvalue weighted by Crippen LogP contribution is 2.26. The van der Waals surface area contributed by atoms with Crippen LogP contribution >= 0.6 is 0 Å². The lowest BCUT2D eigenvalue weighted by Crippen LogP contribution is -2.34. The van der Waals surface area contributed by atoms with E-state index in [4.69, 9.17) is 9.84 Å². The van der Waals surface area contributed by atoms with Gasteiger partial charge in [0.2, 0.25) is 0 Å². The molecule has 0 radical (unpaired) electrons. The SMILES string of the molecule is COCCC(C)(O)CNc1ccc(C(=O)O)cc1[N+](=O)[O-]. The highest BCUT2D eigenvalue weighted by molar-refractivity contribution is 5.89. The molecular weight excluding hydrogens is 280 g/mol. The van der Waals surface area contributed by atoms with Gasteiger partial charge in [0.25, 0.3) is 5.69 Å². The van der Waals surface area contributed by atoms with Gasteiger partial charge in [-0.2, -0.15) is 0 Å². The normalized spacial score (nSPS) is 13.5. The first-order chi connectivity index (χ1) is 9.76. The van der Waals surface area contributed by atoms with E-state index in [-0.39, 0.29) is 23.5 Å². The molecule has 3 N–H and O–H groups in total. The number of ether oxygens (including phenoxy) is 1. The smallest absolute Gasteiger partial charge is 0.335 e. The zero-order chi connectivity index (χ0) is 16.0. The van der Waals surface area contributed by atoms with E-state index in [1.165, 1.54) is 19.2 Å². The number of benzene rings is 1. The molecule has 0 bridgehead atoms. The zero-order valence-electron chi connectivity index (χ0n) is 11.8. The van der Waals surface area contributed by atoms with Crippen molar-refractivity contribution < 1.29 is 24.7 Å². The van der Waals surface area contributed by atoms with E-state index in [1.807, 2.05) is 0 Å². The Labute approximate surface area is 121 Å². The quantitative estimate of drug-likeness (QED) is 0.491. The summed E-state index contributed by atoms with van der Waals surface area (Å²) in [5, 5.41) is 32.7. The van der Waals surface area contributed by atoms with Crippen molar-refractivity contribution in [2.24, 2.45) is 0 Å². The molecule has 0 fully saturated rings. The Morgan fingerprint density at radius 1 is 1.52 bits per heavy atom. The molecule has 0 aliphatic carbocycles. The molecule has 1 aromatic rings. The minimum absolute atomic E-state index is 0.0730. The van der Waals surface area contributed by atoms with Crippen LogP contribution in [0.4, 0.5) is 11.4 Å². The van der Waals surface area contributed by atoms with Crippen LogP contribution in [-0.4, -0.2) is 47.0 Å². The fourth-order valence-electron chi connectivity index (χ4n) is 1.66. The summed E-state index contributed by atoms with van der Waals surface area (Å²) in [6.45, 7) is 2.01. The predicted octanol–water partition coefficient (Wildman–Crippen LogP) is 1.49. The Kier molecular flexibility index (Phi) is 5.62. The molecule has 8 nitrogen and oxygen atoms in total. The number of nitro benzene ring substituents is 1. The number of anilines is 1. The molecule has 8 heteroatoms. The van der Waals surface area contributed by atoms with Gasteiger partial charge < -0.3 is 20.3 Å². The maximum absolute atomic E-state index is 11.0. The molecule has 0 heterocycles. The van der Waals surface area contributed by atoms with Crippen LogP contribution in [0.3, 0.4) is 0 Å². The van der Waals surface area contributed by atoms with Gasteiger partial charge in [-0.05, 0) is 19.1 Å². The number of carboxylic acid groups (broad SMARTS) is 1. The first-order valence-electron chi connectivity index (χ1n) is 6.24. The van der Waals surface area contributed by atoms with E-state index in [0.717, 1.165) is 6.07 Å². The maximum Gasteiger partial charge on any atom is 0.335 e. The lowest BCUT2D eigenvalue weighted by Gasteiger charge is -2.23.